The van der Waals surface area contributed by atoms with Gasteiger partial charge in [0.2, 0.25) is 0 Å². The summed E-state index contributed by atoms with van der Waals surface area (Å²) < 4.78 is 16.6. The molecule has 0 fully saturated rings. The number of ether oxygens (including phenoxy) is 3. The molecule has 0 aromatic carbocycles. The molecule has 0 heterocycles. The van der Waals surface area contributed by atoms with Crippen LogP contribution in [0.2, 0.25) is 0 Å². The number of allylic oxidation sites excluding steroid dienone is 4. The largest absolute Gasteiger partial charge is 0.462 e. The monoisotopic (exact) mass is 719 g/mol. The first-order chi connectivity index (χ1) is 25.0. The third-order valence-electron chi connectivity index (χ3n) is 9.46. The number of rotatable bonds is 39. The first-order valence-electron chi connectivity index (χ1n) is 21.8. The molecule has 0 saturated heterocycles. The summed E-state index contributed by atoms with van der Waals surface area (Å²) in [5.41, 5.74) is 0. The molecule has 0 bridgehead atoms. The zero-order valence-corrected chi connectivity index (χ0v) is 33.9. The molecule has 6 heteroatoms. The molecule has 0 rings (SSSR count). The van der Waals surface area contributed by atoms with Crippen LogP contribution in [0.15, 0.2) is 24.3 Å². The van der Waals surface area contributed by atoms with Gasteiger partial charge in [-0.15, -0.1) is 0 Å². The van der Waals surface area contributed by atoms with E-state index < -0.39 is 6.10 Å². The minimum atomic E-state index is -0.767. The molecule has 0 amide bonds. The molecule has 0 saturated carbocycles. The maximum atomic E-state index is 12.6. The second-order valence-corrected chi connectivity index (χ2v) is 14.6. The highest BCUT2D eigenvalue weighted by atomic mass is 16.6. The van der Waals surface area contributed by atoms with Crippen LogP contribution in [0.1, 0.15) is 226 Å². The zero-order chi connectivity index (χ0) is 37.3. The summed E-state index contributed by atoms with van der Waals surface area (Å²) >= 11 is 0. The lowest BCUT2D eigenvalue weighted by Crippen LogP contribution is -2.30. The summed E-state index contributed by atoms with van der Waals surface area (Å²) in [6.07, 6.45) is 43.0. The molecule has 0 aromatic rings. The molecule has 6 nitrogen and oxygen atoms in total. The van der Waals surface area contributed by atoms with Gasteiger partial charge in [0.25, 0.3) is 0 Å². The van der Waals surface area contributed by atoms with E-state index in [-0.39, 0.29) is 31.1 Å². The Bertz CT molecular complexity index is 835. The third kappa shape index (κ3) is 38.9. The fourth-order valence-electron chi connectivity index (χ4n) is 6.12. The summed E-state index contributed by atoms with van der Waals surface area (Å²) in [6, 6.07) is 0. The number of unbranched alkanes of at least 4 members (excludes halogenated alkanes) is 24. The van der Waals surface area contributed by atoms with Gasteiger partial charge >= 0.3 is 17.9 Å². The van der Waals surface area contributed by atoms with Crippen LogP contribution in [0.25, 0.3) is 0 Å². The zero-order valence-electron chi connectivity index (χ0n) is 33.9. The first-order valence-corrected chi connectivity index (χ1v) is 21.8. The van der Waals surface area contributed by atoms with Gasteiger partial charge in [0.15, 0.2) is 6.10 Å². The van der Waals surface area contributed by atoms with Crippen molar-refractivity contribution in [3.63, 3.8) is 0 Å². The van der Waals surface area contributed by atoms with E-state index in [0.29, 0.717) is 19.3 Å². The van der Waals surface area contributed by atoms with Crippen molar-refractivity contribution >= 4 is 17.9 Å². The van der Waals surface area contributed by atoms with Crippen LogP contribution < -0.4 is 0 Å². The number of carbonyl (C=O) groups is 3. The van der Waals surface area contributed by atoms with E-state index in [1.165, 1.54) is 109 Å². The molecule has 0 N–H and O–H groups in total. The van der Waals surface area contributed by atoms with Gasteiger partial charge in [0, 0.05) is 19.3 Å². The Hall–Kier alpha value is -2.11. The fourth-order valence-corrected chi connectivity index (χ4v) is 6.12. The van der Waals surface area contributed by atoms with Gasteiger partial charge in [-0.3, -0.25) is 14.4 Å². The molecule has 298 valence electrons. The van der Waals surface area contributed by atoms with Crippen LogP contribution in [0, 0.1) is 0 Å². The summed E-state index contributed by atoms with van der Waals surface area (Å²) in [4.78, 5) is 37.5. The van der Waals surface area contributed by atoms with Gasteiger partial charge in [0.05, 0.1) is 0 Å². The third-order valence-corrected chi connectivity index (χ3v) is 9.46. The summed E-state index contributed by atoms with van der Waals surface area (Å²) in [5.74, 6) is -0.890. The van der Waals surface area contributed by atoms with Crippen LogP contribution in [0.5, 0.6) is 0 Å². The fraction of sp³-hybridized carbons (Fsp3) is 0.844. The minimum Gasteiger partial charge on any atom is -0.462 e. The second-order valence-electron chi connectivity index (χ2n) is 14.6. The first kappa shape index (κ1) is 48.9. The van der Waals surface area contributed by atoms with Crippen molar-refractivity contribution in [2.45, 2.75) is 232 Å². The Labute approximate surface area is 315 Å². The lowest BCUT2D eigenvalue weighted by molar-refractivity contribution is -0.167. The van der Waals surface area contributed by atoms with Gasteiger partial charge in [0.1, 0.15) is 13.2 Å². The van der Waals surface area contributed by atoms with E-state index in [0.717, 1.165) is 77.0 Å². The van der Waals surface area contributed by atoms with E-state index in [4.69, 9.17) is 14.2 Å². The van der Waals surface area contributed by atoms with Crippen molar-refractivity contribution in [2.75, 3.05) is 13.2 Å². The maximum Gasteiger partial charge on any atom is 0.306 e. The van der Waals surface area contributed by atoms with E-state index >= 15 is 0 Å². The van der Waals surface area contributed by atoms with Crippen molar-refractivity contribution in [1.29, 1.82) is 0 Å². The predicted octanol–water partition coefficient (Wildman–Crippen LogP) is 13.6. The highest BCUT2D eigenvalue weighted by Crippen LogP contribution is 2.14. The minimum absolute atomic E-state index is 0.0727. The Morgan fingerprint density at radius 3 is 1.12 bits per heavy atom. The second kappa shape index (κ2) is 40.7. The van der Waals surface area contributed by atoms with E-state index in [9.17, 15) is 14.4 Å². The molecule has 0 radical (unpaired) electrons. The molecular weight excluding hydrogens is 636 g/mol. The van der Waals surface area contributed by atoms with Crippen molar-refractivity contribution < 1.29 is 28.6 Å². The number of esters is 3. The van der Waals surface area contributed by atoms with Crippen molar-refractivity contribution in [3.05, 3.63) is 24.3 Å². The van der Waals surface area contributed by atoms with Crippen molar-refractivity contribution in [3.8, 4) is 0 Å². The topological polar surface area (TPSA) is 78.9 Å². The van der Waals surface area contributed by atoms with Crippen LogP contribution in [0.4, 0.5) is 0 Å². The molecule has 0 spiro atoms. The predicted molar refractivity (Wildman–Crippen MR) is 215 cm³/mol. The Morgan fingerprint density at radius 1 is 0.392 bits per heavy atom. The maximum absolute atomic E-state index is 12.6. The van der Waals surface area contributed by atoms with Gasteiger partial charge in [-0.25, -0.2) is 0 Å². The van der Waals surface area contributed by atoms with Crippen molar-refractivity contribution in [2.24, 2.45) is 0 Å². The smallest absolute Gasteiger partial charge is 0.306 e. The molecule has 0 aliphatic rings. The van der Waals surface area contributed by atoms with Gasteiger partial charge in [-0.2, -0.15) is 0 Å². The van der Waals surface area contributed by atoms with Crippen LogP contribution >= 0.6 is 0 Å². The lowest BCUT2D eigenvalue weighted by atomic mass is 10.1. The van der Waals surface area contributed by atoms with Gasteiger partial charge in [-0.1, -0.05) is 180 Å². The molecular formula is C45H82O6. The molecule has 51 heavy (non-hydrogen) atoms. The number of hydrogen-bond donors (Lipinski definition) is 0. The van der Waals surface area contributed by atoms with Gasteiger partial charge < -0.3 is 14.2 Å². The lowest BCUT2D eigenvalue weighted by Gasteiger charge is -2.18. The summed E-state index contributed by atoms with van der Waals surface area (Å²) in [7, 11) is 0. The molecule has 0 unspecified atom stereocenters. The highest BCUT2D eigenvalue weighted by Gasteiger charge is 2.19. The number of carbonyl (C=O) groups excluding carboxylic acids is 3. The number of hydrogen-bond acceptors (Lipinski definition) is 6. The molecule has 1 atom stereocenters. The normalized spacial score (nSPS) is 12.1. The summed E-state index contributed by atoms with van der Waals surface area (Å²) in [5, 5.41) is 0. The Balaban J connectivity index is 4.33. The van der Waals surface area contributed by atoms with Crippen molar-refractivity contribution in [1.82, 2.24) is 0 Å². The SMILES string of the molecule is CCCCC/C=C\C/C=C\CCCCCCCC(=O)OC[C@@H](COC(=O)CCCCCCCCCCC)OC(=O)CCCCCCCCCCC. The molecule has 0 aliphatic carbocycles. The molecule has 0 aliphatic heterocycles. The average Bonchev–Trinajstić information content (AvgIpc) is 3.12. The van der Waals surface area contributed by atoms with E-state index in [1.54, 1.807) is 0 Å². The Kier molecular flexibility index (Phi) is 39.0. The van der Waals surface area contributed by atoms with E-state index in [1.807, 2.05) is 0 Å². The van der Waals surface area contributed by atoms with Crippen LogP contribution in [-0.4, -0.2) is 37.2 Å². The standard InChI is InChI=1S/C45H82O6/c1-4-7-10-13-16-19-20-21-22-23-24-27-29-32-35-38-44(47)50-41-42(51-45(48)39-36-33-30-26-18-15-12-9-6-3)40-49-43(46)37-34-31-28-25-17-14-11-8-5-2/h16,19,21-22,42H,4-15,17-18,20,23-41H2,1-3H3/b19-16-,22-21-/t42-/m1/s1. The molecule has 0 aromatic heterocycles. The quantitative estimate of drug-likeness (QED) is 0.0272. The van der Waals surface area contributed by atoms with Crippen LogP contribution in [0.3, 0.4) is 0 Å². The van der Waals surface area contributed by atoms with E-state index in [2.05, 4.69) is 45.1 Å². The highest BCUT2D eigenvalue weighted by molar-refractivity contribution is 5.71. The Morgan fingerprint density at radius 2 is 0.706 bits per heavy atom. The average molecular weight is 719 g/mol. The summed E-state index contributed by atoms with van der Waals surface area (Å²) in [6.45, 7) is 6.55. The van der Waals surface area contributed by atoms with Gasteiger partial charge in [-0.05, 0) is 51.4 Å². The van der Waals surface area contributed by atoms with Crippen LogP contribution in [-0.2, 0) is 28.6 Å².